The van der Waals surface area contributed by atoms with Crippen molar-refractivity contribution in [2.45, 2.75) is 6.04 Å². The summed E-state index contributed by atoms with van der Waals surface area (Å²) >= 11 is 12.0. The summed E-state index contributed by atoms with van der Waals surface area (Å²) in [6.07, 6.45) is 0. The Kier molecular flexibility index (Phi) is 4.34. The van der Waals surface area contributed by atoms with Crippen LogP contribution in [0.25, 0.3) is 0 Å². The molecule has 0 spiro atoms. The lowest BCUT2D eigenvalue weighted by Crippen LogP contribution is -2.53. The molecule has 104 valence electrons. The summed E-state index contributed by atoms with van der Waals surface area (Å²) in [5, 5.41) is 3.24. The van der Waals surface area contributed by atoms with E-state index in [9.17, 15) is 4.79 Å². The predicted molar refractivity (Wildman–Crippen MR) is 74.7 cm³/mol. The Morgan fingerprint density at radius 3 is 3.00 bits per heavy atom. The molecule has 1 aromatic heterocycles. The number of nitrogens with two attached hydrogens (primary N) is 1. The van der Waals surface area contributed by atoms with Gasteiger partial charge in [0.1, 0.15) is 11.9 Å². The summed E-state index contributed by atoms with van der Waals surface area (Å²) in [6, 6.07) is 1.04. The number of anilines is 2. The molecule has 0 aromatic carbocycles. The fraction of sp³-hybridized carbons (Fsp3) is 0.455. The molecule has 2 rings (SSSR count). The maximum absolute atomic E-state index is 11.9. The Morgan fingerprint density at radius 1 is 1.58 bits per heavy atom. The number of nitrogens with zero attached hydrogens (tertiary/aromatic N) is 2. The van der Waals surface area contributed by atoms with Crippen molar-refractivity contribution in [1.82, 2.24) is 10.3 Å². The lowest BCUT2D eigenvalue weighted by molar-refractivity contribution is -0.124. The molecule has 0 radical (unpaired) electrons. The molecular weight excluding hydrogens is 291 g/mol. The first kappa shape index (κ1) is 14.2. The second-order valence-corrected chi connectivity index (χ2v) is 4.87. The molecule has 1 aliphatic heterocycles. The summed E-state index contributed by atoms with van der Waals surface area (Å²) in [4.78, 5) is 17.8. The van der Waals surface area contributed by atoms with E-state index in [2.05, 4.69) is 10.3 Å². The third-order valence-electron chi connectivity index (χ3n) is 2.89. The van der Waals surface area contributed by atoms with Crippen LogP contribution in [0.3, 0.4) is 0 Å². The van der Waals surface area contributed by atoms with E-state index in [1.807, 2.05) is 0 Å². The third-order valence-corrected chi connectivity index (χ3v) is 3.47. The van der Waals surface area contributed by atoms with Crippen LogP contribution in [-0.4, -0.2) is 43.7 Å². The maximum Gasteiger partial charge on any atom is 0.244 e. The normalized spacial score (nSPS) is 19.3. The minimum absolute atomic E-state index is 0.161. The van der Waals surface area contributed by atoms with E-state index >= 15 is 0 Å². The minimum Gasteiger partial charge on any atom is -0.382 e. The van der Waals surface area contributed by atoms with Crippen LogP contribution in [0.2, 0.25) is 10.0 Å². The summed E-state index contributed by atoms with van der Waals surface area (Å²) < 4.78 is 5.32. The topological polar surface area (TPSA) is 80.5 Å². The molecule has 1 amide bonds. The van der Waals surface area contributed by atoms with Crippen LogP contribution in [0.5, 0.6) is 0 Å². The molecule has 6 nitrogen and oxygen atoms in total. The molecule has 8 heteroatoms. The first-order valence-electron chi connectivity index (χ1n) is 5.72. The second kappa shape index (κ2) is 5.81. The van der Waals surface area contributed by atoms with Gasteiger partial charge in [-0.15, -0.1) is 0 Å². The number of hydrogen-bond donors (Lipinski definition) is 2. The van der Waals surface area contributed by atoms with Crippen molar-refractivity contribution in [2.75, 3.05) is 37.4 Å². The number of amides is 1. The highest BCUT2D eigenvalue weighted by Gasteiger charge is 2.31. The highest BCUT2D eigenvalue weighted by atomic mass is 35.5. The van der Waals surface area contributed by atoms with Gasteiger partial charge >= 0.3 is 0 Å². The lowest BCUT2D eigenvalue weighted by atomic mass is 10.2. The van der Waals surface area contributed by atoms with E-state index in [0.717, 1.165) is 0 Å². The standard InChI is InChI=1S/C11H14Cl2N4O2/c1-15-11(18)8-5-19-3-2-17(8)10-7(13)4-6(12)9(14)16-10/h4,8H,2-3,5H2,1H3,(H2,14,16)(H,15,18). The minimum atomic E-state index is -0.482. The molecule has 19 heavy (non-hydrogen) atoms. The van der Waals surface area contributed by atoms with Gasteiger partial charge in [0.05, 0.1) is 23.3 Å². The van der Waals surface area contributed by atoms with Crippen molar-refractivity contribution in [3.63, 3.8) is 0 Å². The summed E-state index contributed by atoms with van der Waals surface area (Å²) in [6.45, 7) is 1.28. The SMILES string of the molecule is CNC(=O)C1COCCN1c1nc(N)c(Cl)cc1Cl. The van der Waals surface area contributed by atoms with Gasteiger partial charge in [0.15, 0.2) is 5.82 Å². The summed E-state index contributed by atoms with van der Waals surface area (Å²) in [5.74, 6) is 0.467. The second-order valence-electron chi connectivity index (χ2n) is 4.06. The fourth-order valence-corrected chi connectivity index (χ4v) is 2.38. The van der Waals surface area contributed by atoms with Gasteiger partial charge in [-0.25, -0.2) is 4.98 Å². The molecule has 1 aliphatic rings. The molecule has 1 unspecified atom stereocenters. The van der Waals surface area contributed by atoms with Crippen LogP contribution in [0.1, 0.15) is 0 Å². The van der Waals surface area contributed by atoms with E-state index in [4.69, 9.17) is 33.7 Å². The maximum atomic E-state index is 11.9. The van der Waals surface area contributed by atoms with Crippen molar-refractivity contribution < 1.29 is 9.53 Å². The number of carbonyl (C=O) groups excluding carboxylic acids is 1. The molecule has 1 atom stereocenters. The van der Waals surface area contributed by atoms with Crippen molar-refractivity contribution in [3.05, 3.63) is 16.1 Å². The number of rotatable bonds is 2. The number of nitrogens with one attached hydrogen (secondary N) is 1. The Labute approximate surface area is 120 Å². The lowest BCUT2D eigenvalue weighted by Gasteiger charge is -2.35. The Bertz CT molecular complexity index is 498. The van der Waals surface area contributed by atoms with Crippen LogP contribution in [0.4, 0.5) is 11.6 Å². The van der Waals surface area contributed by atoms with Crippen molar-refractivity contribution in [1.29, 1.82) is 0 Å². The van der Waals surface area contributed by atoms with Crippen LogP contribution in [-0.2, 0) is 9.53 Å². The molecule has 2 heterocycles. The van der Waals surface area contributed by atoms with Gasteiger partial charge < -0.3 is 20.7 Å². The quantitative estimate of drug-likeness (QED) is 0.849. The molecule has 1 aromatic rings. The monoisotopic (exact) mass is 304 g/mol. The number of pyridine rings is 1. The van der Waals surface area contributed by atoms with Crippen molar-refractivity contribution in [3.8, 4) is 0 Å². The summed E-state index contributed by atoms with van der Waals surface area (Å²) in [7, 11) is 1.57. The van der Waals surface area contributed by atoms with Gasteiger partial charge in [-0.2, -0.15) is 0 Å². The van der Waals surface area contributed by atoms with Gasteiger partial charge in [-0.3, -0.25) is 4.79 Å². The zero-order valence-electron chi connectivity index (χ0n) is 10.3. The molecule has 1 saturated heterocycles. The van der Waals surface area contributed by atoms with E-state index < -0.39 is 6.04 Å². The zero-order chi connectivity index (χ0) is 14.0. The van der Waals surface area contributed by atoms with Crippen molar-refractivity contribution >= 4 is 40.7 Å². The first-order chi connectivity index (χ1) is 9.04. The first-order valence-corrected chi connectivity index (χ1v) is 6.47. The Balaban J connectivity index is 2.37. The van der Waals surface area contributed by atoms with Gasteiger partial charge in [-0.05, 0) is 6.07 Å². The molecule has 0 aliphatic carbocycles. The number of morpholine rings is 1. The van der Waals surface area contributed by atoms with Gasteiger partial charge in [0, 0.05) is 13.6 Å². The predicted octanol–water partition coefficient (Wildman–Crippen LogP) is 0.922. The van der Waals surface area contributed by atoms with Gasteiger partial charge in [0.25, 0.3) is 0 Å². The average Bonchev–Trinajstić information content (AvgIpc) is 2.42. The third kappa shape index (κ3) is 2.86. The summed E-state index contributed by atoms with van der Waals surface area (Å²) in [5.41, 5.74) is 5.69. The fourth-order valence-electron chi connectivity index (χ4n) is 1.91. The number of ether oxygens (including phenoxy) is 1. The molecule has 0 bridgehead atoms. The van der Waals surface area contributed by atoms with E-state index in [1.54, 1.807) is 11.9 Å². The van der Waals surface area contributed by atoms with Crippen LogP contribution < -0.4 is 16.0 Å². The van der Waals surface area contributed by atoms with Gasteiger partial charge in [0.2, 0.25) is 5.91 Å². The van der Waals surface area contributed by atoms with Crippen LogP contribution >= 0.6 is 23.2 Å². The number of likely N-dealkylation sites (N-methyl/N-ethyl adjacent to an activating group) is 1. The van der Waals surface area contributed by atoms with E-state index in [-0.39, 0.29) is 18.3 Å². The van der Waals surface area contributed by atoms with Crippen LogP contribution in [0, 0.1) is 0 Å². The number of aromatic nitrogens is 1. The van der Waals surface area contributed by atoms with Crippen molar-refractivity contribution in [2.24, 2.45) is 0 Å². The molecular formula is C11H14Cl2N4O2. The van der Waals surface area contributed by atoms with Crippen LogP contribution in [0.15, 0.2) is 6.07 Å². The smallest absolute Gasteiger partial charge is 0.244 e. The number of hydrogen-bond acceptors (Lipinski definition) is 5. The average molecular weight is 305 g/mol. The van der Waals surface area contributed by atoms with Gasteiger partial charge in [-0.1, -0.05) is 23.2 Å². The molecule has 1 fully saturated rings. The largest absolute Gasteiger partial charge is 0.382 e. The molecule has 3 N–H and O–H groups in total. The number of halogens is 2. The highest BCUT2D eigenvalue weighted by Crippen LogP contribution is 2.31. The van der Waals surface area contributed by atoms with E-state index in [1.165, 1.54) is 6.07 Å². The number of carbonyl (C=O) groups is 1. The Hall–Kier alpha value is -1.24. The van der Waals surface area contributed by atoms with E-state index in [0.29, 0.717) is 29.0 Å². The Morgan fingerprint density at radius 2 is 2.32 bits per heavy atom. The molecule has 0 saturated carbocycles. The number of nitrogen functional groups attached to an aromatic ring is 1. The highest BCUT2D eigenvalue weighted by molar-refractivity contribution is 6.37. The zero-order valence-corrected chi connectivity index (χ0v) is 11.8.